The van der Waals surface area contributed by atoms with Gasteiger partial charge in [-0.05, 0) is 24.6 Å². The third kappa shape index (κ3) is 3.15. The summed E-state index contributed by atoms with van der Waals surface area (Å²) in [4.78, 5) is 0. The molecule has 0 bridgehead atoms. The summed E-state index contributed by atoms with van der Waals surface area (Å²) in [5.41, 5.74) is 3.33. The van der Waals surface area contributed by atoms with Gasteiger partial charge in [0.05, 0.1) is 15.7 Å². The molecule has 0 fully saturated rings. The summed E-state index contributed by atoms with van der Waals surface area (Å²) < 4.78 is 0. The van der Waals surface area contributed by atoms with Crippen molar-refractivity contribution in [1.29, 1.82) is 0 Å². The van der Waals surface area contributed by atoms with Gasteiger partial charge in [-0.1, -0.05) is 59.1 Å². The number of hydrogen-bond donors (Lipinski definition) is 1. The molecule has 2 aromatic carbocycles. The van der Waals surface area contributed by atoms with E-state index >= 15 is 0 Å². The highest BCUT2D eigenvalue weighted by atomic mass is 35.5. The molecule has 3 heteroatoms. The van der Waals surface area contributed by atoms with Crippen LogP contribution >= 0.6 is 23.2 Å². The highest BCUT2D eigenvalue weighted by molar-refractivity contribution is 6.43. The molecule has 17 heavy (non-hydrogen) atoms. The van der Waals surface area contributed by atoms with Gasteiger partial charge in [0.1, 0.15) is 0 Å². The van der Waals surface area contributed by atoms with Gasteiger partial charge in [-0.25, -0.2) is 0 Å². The Morgan fingerprint density at radius 3 is 2.41 bits per heavy atom. The molecule has 0 aliphatic rings. The fraction of sp³-hybridized carbons (Fsp3) is 0.143. The van der Waals surface area contributed by atoms with Crippen LogP contribution in [-0.2, 0) is 6.54 Å². The van der Waals surface area contributed by atoms with E-state index in [2.05, 4.69) is 36.5 Å². The molecule has 0 unspecified atom stereocenters. The molecule has 88 valence electrons. The highest BCUT2D eigenvalue weighted by Crippen LogP contribution is 2.29. The van der Waals surface area contributed by atoms with Crippen molar-refractivity contribution in [3.63, 3.8) is 0 Å². The van der Waals surface area contributed by atoms with Crippen molar-refractivity contribution in [3.8, 4) is 0 Å². The summed E-state index contributed by atoms with van der Waals surface area (Å²) in [6, 6.07) is 14.0. The molecule has 0 aliphatic carbocycles. The van der Waals surface area contributed by atoms with Crippen molar-refractivity contribution in [2.24, 2.45) is 0 Å². The number of anilines is 1. The van der Waals surface area contributed by atoms with E-state index in [1.807, 2.05) is 12.1 Å². The number of aryl methyl sites for hydroxylation is 1. The zero-order valence-corrected chi connectivity index (χ0v) is 11.0. The second kappa shape index (κ2) is 5.44. The van der Waals surface area contributed by atoms with Crippen LogP contribution in [0.15, 0.2) is 42.5 Å². The van der Waals surface area contributed by atoms with Crippen molar-refractivity contribution in [2.45, 2.75) is 13.5 Å². The van der Waals surface area contributed by atoms with Crippen molar-refractivity contribution in [2.75, 3.05) is 5.32 Å². The standard InChI is InChI=1S/C14H13Cl2N/c1-10-5-7-11(8-6-10)9-17-13-4-2-3-12(15)14(13)16/h2-8,17H,9H2,1H3. The molecule has 0 amide bonds. The lowest BCUT2D eigenvalue weighted by Crippen LogP contribution is -1.99. The maximum absolute atomic E-state index is 6.09. The maximum Gasteiger partial charge on any atom is 0.0823 e. The molecule has 0 aliphatic heterocycles. The Bertz CT molecular complexity index is 506. The smallest absolute Gasteiger partial charge is 0.0823 e. The number of hydrogen-bond acceptors (Lipinski definition) is 1. The van der Waals surface area contributed by atoms with E-state index in [0.29, 0.717) is 10.0 Å². The second-order valence-electron chi connectivity index (χ2n) is 3.94. The Morgan fingerprint density at radius 1 is 1.00 bits per heavy atom. The third-order valence-electron chi connectivity index (χ3n) is 2.56. The van der Waals surface area contributed by atoms with Gasteiger partial charge in [0.15, 0.2) is 0 Å². The largest absolute Gasteiger partial charge is 0.380 e. The monoisotopic (exact) mass is 265 g/mol. The quantitative estimate of drug-likeness (QED) is 0.831. The fourth-order valence-electron chi connectivity index (χ4n) is 1.54. The van der Waals surface area contributed by atoms with Crippen molar-refractivity contribution >= 4 is 28.9 Å². The zero-order chi connectivity index (χ0) is 12.3. The first-order valence-electron chi connectivity index (χ1n) is 5.40. The van der Waals surface area contributed by atoms with Crippen LogP contribution < -0.4 is 5.32 Å². The number of nitrogens with one attached hydrogen (secondary N) is 1. The molecule has 0 atom stereocenters. The first-order valence-corrected chi connectivity index (χ1v) is 6.16. The summed E-state index contributed by atoms with van der Waals surface area (Å²) in [6.07, 6.45) is 0. The molecule has 0 saturated heterocycles. The summed E-state index contributed by atoms with van der Waals surface area (Å²) in [5, 5.41) is 4.41. The van der Waals surface area contributed by atoms with Gasteiger partial charge in [0.2, 0.25) is 0 Å². The Hall–Kier alpha value is -1.18. The predicted molar refractivity (Wildman–Crippen MR) is 75.0 cm³/mol. The Balaban J connectivity index is 2.07. The van der Waals surface area contributed by atoms with E-state index in [1.165, 1.54) is 11.1 Å². The lowest BCUT2D eigenvalue weighted by molar-refractivity contribution is 1.14. The first kappa shape index (κ1) is 12.3. The normalized spacial score (nSPS) is 10.3. The van der Waals surface area contributed by atoms with Crippen LogP contribution in [0.4, 0.5) is 5.69 Å². The van der Waals surface area contributed by atoms with E-state index in [9.17, 15) is 0 Å². The van der Waals surface area contributed by atoms with Crippen LogP contribution in [0, 0.1) is 6.92 Å². The lowest BCUT2D eigenvalue weighted by Gasteiger charge is -2.09. The maximum atomic E-state index is 6.09. The molecular weight excluding hydrogens is 253 g/mol. The molecule has 1 N–H and O–H groups in total. The van der Waals surface area contributed by atoms with Gasteiger partial charge in [-0.15, -0.1) is 0 Å². The first-order chi connectivity index (χ1) is 8.16. The average Bonchev–Trinajstić information content (AvgIpc) is 2.33. The van der Waals surface area contributed by atoms with Crippen molar-refractivity contribution < 1.29 is 0 Å². The second-order valence-corrected chi connectivity index (χ2v) is 4.73. The van der Waals surface area contributed by atoms with Crippen LogP contribution in [0.2, 0.25) is 10.0 Å². The molecule has 0 aromatic heterocycles. The van der Waals surface area contributed by atoms with E-state index in [-0.39, 0.29) is 0 Å². The highest BCUT2D eigenvalue weighted by Gasteiger charge is 2.03. The molecule has 0 heterocycles. The van der Waals surface area contributed by atoms with Crippen LogP contribution in [0.1, 0.15) is 11.1 Å². The predicted octanol–water partition coefficient (Wildman–Crippen LogP) is 4.91. The van der Waals surface area contributed by atoms with Gasteiger partial charge in [-0.2, -0.15) is 0 Å². The molecule has 2 rings (SSSR count). The van der Waals surface area contributed by atoms with Crippen molar-refractivity contribution in [3.05, 3.63) is 63.6 Å². The number of rotatable bonds is 3. The van der Waals surface area contributed by atoms with Crippen LogP contribution in [-0.4, -0.2) is 0 Å². The summed E-state index contributed by atoms with van der Waals surface area (Å²) in [6.45, 7) is 2.81. The van der Waals surface area contributed by atoms with Gasteiger partial charge in [0.25, 0.3) is 0 Å². The van der Waals surface area contributed by atoms with Crippen LogP contribution in [0.3, 0.4) is 0 Å². The van der Waals surface area contributed by atoms with Crippen LogP contribution in [0.25, 0.3) is 0 Å². The molecule has 2 aromatic rings. The van der Waals surface area contributed by atoms with Gasteiger partial charge in [-0.3, -0.25) is 0 Å². The molecular formula is C14H13Cl2N. The van der Waals surface area contributed by atoms with E-state index in [0.717, 1.165) is 12.2 Å². The number of benzene rings is 2. The molecule has 0 radical (unpaired) electrons. The zero-order valence-electron chi connectivity index (χ0n) is 9.50. The van der Waals surface area contributed by atoms with E-state index < -0.39 is 0 Å². The van der Waals surface area contributed by atoms with E-state index in [4.69, 9.17) is 23.2 Å². The van der Waals surface area contributed by atoms with Crippen LogP contribution in [0.5, 0.6) is 0 Å². The number of halogens is 2. The lowest BCUT2D eigenvalue weighted by atomic mass is 10.1. The average molecular weight is 266 g/mol. The van der Waals surface area contributed by atoms with E-state index in [1.54, 1.807) is 6.07 Å². The SMILES string of the molecule is Cc1ccc(CNc2cccc(Cl)c2Cl)cc1. The Morgan fingerprint density at radius 2 is 1.71 bits per heavy atom. The fourth-order valence-corrected chi connectivity index (χ4v) is 1.91. The molecule has 0 spiro atoms. The molecule has 1 nitrogen and oxygen atoms in total. The topological polar surface area (TPSA) is 12.0 Å². The Labute approximate surface area is 111 Å². The summed E-state index contributed by atoms with van der Waals surface area (Å²) in [7, 11) is 0. The van der Waals surface area contributed by atoms with Gasteiger partial charge >= 0.3 is 0 Å². The van der Waals surface area contributed by atoms with Gasteiger partial charge < -0.3 is 5.32 Å². The summed E-state index contributed by atoms with van der Waals surface area (Å²) in [5.74, 6) is 0. The van der Waals surface area contributed by atoms with Gasteiger partial charge in [0, 0.05) is 6.54 Å². The molecule has 0 saturated carbocycles. The minimum absolute atomic E-state index is 0.570. The summed E-state index contributed by atoms with van der Waals surface area (Å²) >= 11 is 12.0. The van der Waals surface area contributed by atoms with Crippen molar-refractivity contribution in [1.82, 2.24) is 0 Å². The Kier molecular flexibility index (Phi) is 3.93. The minimum atomic E-state index is 0.570. The minimum Gasteiger partial charge on any atom is -0.380 e. The third-order valence-corrected chi connectivity index (χ3v) is 3.37.